The molecule has 0 saturated carbocycles. The molecule has 0 atom stereocenters. The van der Waals surface area contributed by atoms with Crippen molar-refractivity contribution in [3.8, 4) is 11.4 Å². The van der Waals surface area contributed by atoms with Crippen LogP contribution in [0.5, 0.6) is 0 Å². The molecule has 140 valence electrons. The fraction of sp³-hybridized carbons (Fsp3) is 0.130. The number of anilines is 1. The van der Waals surface area contributed by atoms with E-state index in [4.69, 9.17) is 16.6 Å². The summed E-state index contributed by atoms with van der Waals surface area (Å²) in [6, 6.07) is 25.1. The highest BCUT2D eigenvalue weighted by atomic mass is 35.5. The monoisotopic (exact) mass is 389 g/mol. The highest BCUT2D eigenvalue weighted by Gasteiger charge is 2.20. The molecule has 0 unspecified atom stereocenters. The van der Waals surface area contributed by atoms with E-state index in [0.29, 0.717) is 17.4 Å². The lowest BCUT2D eigenvalue weighted by atomic mass is 10.2. The van der Waals surface area contributed by atoms with E-state index >= 15 is 0 Å². The van der Waals surface area contributed by atoms with Crippen LogP contribution in [0.1, 0.15) is 6.92 Å². The molecule has 1 heterocycles. The summed E-state index contributed by atoms with van der Waals surface area (Å²) in [4.78, 5) is 19.7. The number of benzene rings is 3. The highest BCUT2D eigenvalue weighted by Crippen LogP contribution is 2.30. The minimum atomic E-state index is 0.00477. The van der Waals surface area contributed by atoms with E-state index in [1.807, 2.05) is 90.4 Å². The summed E-state index contributed by atoms with van der Waals surface area (Å²) in [7, 11) is 0. The number of nitrogens with zero attached hydrogens (tertiary/aromatic N) is 3. The zero-order chi connectivity index (χ0) is 19.5. The van der Waals surface area contributed by atoms with Crippen LogP contribution in [-0.2, 0) is 11.3 Å². The minimum Gasteiger partial charge on any atom is -0.314 e. The van der Waals surface area contributed by atoms with E-state index < -0.39 is 0 Å². The van der Waals surface area contributed by atoms with Crippen LogP contribution in [0.2, 0.25) is 5.02 Å². The first-order valence-corrected chi connectivity index (χ1v) is 9.62. The lowest BCUT2D eigenvalue weighted by Gasteiger charge is -2.22. The smallest absolute Gasteiger partial charge is 0.246 e. The molecule has 1 amide bonds. The van der Waals surface area contributed by atoms with Gasteiger partial charge in [-0.3, -0.25) is 4.79 Å². The molecular weight excluding hydrogens is 370 g/mol. The second-order valence-electron chi connectivity index (χ2n) is 6.46. The number of carbonyl (C=O) groups excluding carboxylic acids is 1. The molecule has 0 N–H and O–H groups in total. The molecule has 0 aliphatic heterocycles. The van der Waals surface area contributed by atoms with E-state index in [1.165, 1.54) is 0 Å². The fourth-order valence-corrected chi connectivity index (χ4v) is 3.64. The number of hydrogen-bond donors (Lipinski definition) is 0. The molecule has 0 fully saturated rings. The summed E-state index contributed by atoms with van der Waals surface area (Å²) in [6.45, 7) is 2.76. The molecule has 28 heavy (non-hydrogen) atoms. The Hall–Kier alpha value is -3.11. The first kappa shape index (κ1) is 18.3. The van der Waals surface area contributed by atoms with Crippen LogP contribution in [0.3, 0.4) is 0 Å². The zero-order valence-corrected chi connectivity index (χ0v) is 16.3. The third-order valence-corrected chi connectivity index (χ3v) is 5.08. The molecule has 0 aliphatic rings. The van der Waals surface area contributed by atoms with Gasteiger partial charge in [-0.15, -0.1) is 0 Å². The van der Waals surface area contributed by atoms with Crippen molar-refractivity contribution in [1.82, 2.24) is 9.55 Å². The number of rotatable bonds is 5. The second kappa shape index (κ2) is 7.87. The number of likely N-dealkylation sites (N-methyl/N-ethyl adjacent to an activating group) is 1. The summed E-state index contributed by atoms with van der Waals surface area (Å²) in [5.41, 5.74) is 3.46. The third-order valence-electron chi connectivity index (χ3n) is 4.75. The van der Waals surface area contributed by atoms with Crippen molar-refractivity contribution in [2.45, 2.75) is 13.5 Å². The van der Waals surface area contributed by atoms with E-state index in [0.717, 1.165) is 22.3 Å². The quantitative estimate of drug-likeness (QED) is 0.457. The van der Waals surface area contributed by atoms with Gasteiger partial charge in [0.2, 0.25) is 5.91 Å². The van der Waals surface area contributed by atoms with Gasteiger partial charge in [0.05, 0.1) is 16.1 Å². The summed E-state index contributed by atoms with van der Waals surface area (Å²) >= 11 is 6.43. The van der Waals surface area contributed by atoms with Crippen molar-refractivity contribution in [3.05, 3.63) is 83.9 Å². The molecular formula is C23H20ClN3O. The van der Waals surface area contributed by atoms with Crippen molar-refractivity contribution >= 4 is 34.2 Å². The number of carbonyl (C=O) groups is 1. The normalized spacial score (nSPS) is 10.9. The van der Waals surface area contributed by atoms with Crippen LogP contribution in [0.15, 0.2) is 78.9 Å². The standard InChI is InChI=1S/C23H20ClN3O/c1-2-26(17-10-4-3-5-11-17)22(28)16-27-21-15-9-8-14-20(21)25-23(27)18-12-6-7-13-19(18)24/h3-15H,2,16H2,1H3. The lowest BCUT2D eigenvalue weighted by molar-refractivity contribution is -0.119. The van der Waals surface area contributed by atoms with Crippen molar-refractivity contribution in [2.24, 2.45) is 0 Å². The van der Waals surface area contributed by atoms with Gasteiger partial charge in [-0.2, -0.15) is 0 Å². The van der Waals surface area contributed by atoms with Gasteiger partial charge in [-0.25, -0.2) is 4.98 Å². The molecule has 4 nitrogen and oxygen atoms in total. The Morgan fingerprint density at radius 2 is 1.64 bits per heavy atom. The number of halogens is 1. The number of imidazole rings is 1. The Morgan fingerprint density at radius 1 is 0.964 bits per heavy atom. The van der Waals surface area contributed by atoms with E-state index in [-0.39, 0.29) is 12.5 Å². The fourth-order valence-electron chi connectivity index (χ4n) is 3.42. The van der Waals surface area contributed by atoms with Gasteiger partial charge in [-0.05, 0) is 43.3 Å². The van der Waals surface area contributed by atoms with Crippen LogP contribution < -0.4 is 4.90 Å². The van der Waals surface area contributed by atoms with Gasteiger partial charge in [0.1, 0.15) is 12.4 Å². The lowest BCUT2D eigenvalue weighted by Crippen LogP contribution is -2.33. The maximum Gasteiger partial charge on any atom is 0.246 e. The van der Waals surface area contributed by atoms with Gasteiger partial charge in [-0.1, -0.05) is 54.1 Å². The van der Waals surface area contributed by atoms with Gasteiger partial charge < -0.3 is 9.47 Å². The number of hydrogen-bond acceptors (Lipinski definition) is 2. The molecule has 1 aromatic heterocycles. The largest absolute Gasteiger partial charge is 0.314 e. The van der Waals surface area contributed by atoms with Crippen LogP contribution in [-0.4, -0.2) is 22.0 Å². The topological polar surface area (TPSA) is 38.1 Å². The Balaban J connectivity index is 1.79. The predicted octanol–water partition coefficient (Wildman–Crippen LogP) is 5.41. The van der Waals surface area contributed by atoms with Gasteiger partial charge in [0.15, 0.2) is 0 Å². The van der Waals surface area contributed by atoms with Crippen molar-refractivity contribution in [1.29, 1.82) is 0 Å². The molecule has 4 rings (SSSR count). The number of para-hydroxylation sites is 3. The Morgan fingerprint density at radius 3 is 2.39 bits per heavy atom. The number of amides is 1. The zero-order valence-electron chi connectivity index (χ0n) is 15.5. The van der Waals surface area contributed by atoms with Crippen molar-refractivity contribution < 1.29 is 4.79 Å². The molecule has 5 heteroatoms. The Kier molecular flexibility index (Phi) is 5.13. The van der Waals surface area contributed by atoms with Crippen molar-refractivity contribution in [3.63, 3.8) is 0 Å². The first-order valence-electron chi connectivity index (χ1n) is 9.24. The summed E-state index contributed by atoms with van der Waals surface area (Å²) in [5.74, 6) is 0.703. The van der Waals surface area contributed by atoms with Crippen molar-refractivity contribution in [2.75, 3.05) is 11.4 Å². The summed E-state index contributed by atoms with van der Waals surface area (Å²) in [6.07, 6.45) is 0. The Labute approximate surface area is 169 Å². The van der Waals surface area contributed by atoms with E-state index in [1.54, 1.807) is 4.90 Å². The van der Waals surface area contributed by atoms with Crippen LogP contribution in [0.4, 0.5) is 5.69 Å². The molecule has 0 saturated heterocycles. The molecule has 3 aromatic carbocycles. The maximum atomic E-state index is 13.2. The van der Waals surface area contributed by atoms with Gasteiger partial charge in [0, 0.05) is 17.8 Å². The van der Waals surface area contributed by atoms with Gasteiger partial charge in [0.25, 0.3) is 0 Å². The molecule has 0 aliphatic carbocycles. The maximum absolute atomic E-state index is 13.2. The average Bonchev–Trinajstić information content (AvgIpc) is 3.08. The number of fused-ring (bicyclic) bond motifs is 1. The number of aromatic nitrogens is 2. The molecule has 0 spiro atoms. The predicted molar refractivity (Wildman–Crippen MR) is 115 cm³/mol. The summed E-state index contributed by atoms with van der Waals surface area (Å²) < 4.78 is 1.95. The average molecular weight is 390 g/mol. The molecule has 0 radical (unpaired) electrons. The van der Waals surface area contributed by atoms with Crippen LogP contribution in [0, 0.1) is 0 Å². The Bertz CT molecular complexity index is 1120. The highest BCUT2D eigenvalue weighted by molar-refractivity contribution is 6.33. The van der Waals surface area contributed by atoms with Crippen LogP contribution in [0.25, 0.3) is 22.4 Å². The second-order valence-corrected chi connectivity index (χ2v) is 6.87. The third kappa shape index (κ3) is 3.39. The summed E-state index contributed by atoms with van der Waals surface area (Å²) in [5, 5.41) is 0.613. The van der Waals surface area contributed by atoms with Gasteiger partial charge >= 0.3 is 0 Å². The first-order chi connectivity index (χ1) is 13.7. The SMILES string of the molecule is CCN(C(=O)Cn1c(-c2ccccc2Cl)nc2ccccc21)c1ccccc1. The molecule has 0 bridgehead atoms. The molecule has 4 aromatic rings. The van der Waals surface area contributed by atoms with Crippen LogP contribution >= 0.6 is 11.6 Å². The van der Waals surface area contributed by atoms with E-state index in [9.17, 15) is 4.79 Å². The van der Waals surface area contributed by atoms with E-state index in [2.05, 4.69) is 0 Å². The minimum absolute atomic E-state index is 0.00477.